The molecule has 20 heavy (non-hydrogen) atoms. The molecule has 1 aliphatic rings. The predicted molar refractivity (Wildman–Crippen MR) is 77.9 cm³/mol. The van der Waals surface area contributed by atoms with Gasteiger partial charge in [0.05, 0.1) is 12.3 Å². The molecule has 1 amide bonds. The van der Waals surface area contributed by atoms with Crippen molar-refractivity contribution in [3.63, 3.8) is 0 Å². The molecular formula is C14H20N2O3S. The Hall–Kier alpha value is -1.40. The van der Waals surface area contributed by atoms with Gasteiger partial charge in [-0.1, -0.05) is 29.8 Å². The summed E-state index contributed by atoms with van der Waals surface area (Å²) in [5.41, 5.74) is 2.12. The maximum Gasteiger partial charge on any atom is 0.238 e. The van der Waals surface area contributed by atoms with E-state index in [0.717, 1.165) is 11.1 Å². The monoisotopic (exact) mass is 296 g/mol. The van der Waals surface area contributed by atoms with E-state index in [2.05, 4.69) is 5.32 Å². The number of nitrogens with one attached hydrogen (secondary N) is 1. The lowest BCUT2D eigenvalue weighted by molar-refractivity contribution is -0.129. The maximum absolute atomic E-state index is 12.0. The predicted octanol–water partition coefficient (Wildman–Crippen LogP) is 0.859. The first-order valence-electron chi connectivity index (χ1n) is 6.57. The molecule has 0 radical (unpaired) electrons. The quantitative estimate of drug-likeness (QED) is 0.895. The number of amides is 1. The minimum Gasteiger partial charge on any atom is -0.318 e. The lowest BCUT2D eigenvalue weighted by Crippen LogP contribution is -2.41. The van der Waals surface area contributed by atoms with Crippen LogP contribution < -0.4 is 5.32 Å². The summed E-state index contributed by atoms with van der Waals surface area (Å²) in [6.07, 6.45) is 0.943. The van der Waals surface area contributed by atoms with E-state index < -0.39 is 9.84 Å². The highest BCUT2D eigenvalue weighted by molar-refractivity contribution is 7.90. The number of rotatable bonds is 4. The summed E-state index contributed by atoms with van der Waals surface area (Å²) in [7, 11) is -3.12. The van der Waals surface area contributed by atoms with Gasteiger partial charge in [0, 0.05) is 12.3 Å². The lowest BCUT2D eigenvalue weighted by atomic mass is 10.1. The fraction of sp³-hybridized carbons (Fsp3) is 0.500. The van der Waals surface area contributed by atoms with Crippen LogP contribution in [0.1, 0.15) is 24.2 Å². The van der Waals surface area contributed by atoms with Gasteiger partial charge in [0.15, 0.2) is 0 Å². The van der Waals surface area contributed by atoms with Crippen molar-refractivity contribution >= 4 is 15.7 Å². The molecule has 1 aliphatic heterocycles. The molecule has 1 N–H and O–H groups in total. The van der Waals surface area contributed by atoms with Crippen LogP contribution in [0.4, 0.5) is 0 Å². The molecule has 2 unspecified atom stereocenters. The molecule has 1 saturated heterocycles. The Morgan fingerprint density at radius 2 is 1.95 bits per heavy atom. The molecule has 0 aliphatic carbocycles. The Morgan fingerprint density at radius 3 is 2.50 bits per heavy atom. The van der Waals surface area contributed by atoms with Crippen molar-refractivity contribution in [1.82, 2.24) is 10.2 Å². The zero-order valence-corrected chi connectivity index (χ0v) is 12.8. The van der Waals surface area contributed by atoms with Crippen molar-refractivity contribution in [2.75, 3.05) is 18.6 Å². The van der Waals surface area contributed by atoms with Crippen LogP contribution >= 0.6 is 0 Å². The van der Waals surface area contributed by atoms with Gasteiger partial charge in [-0.2, -0.15) is 0 Å². The van der Waals surface area contributed by atoms with Gasteiger partial charge in [-0.05, 0) is 19.4 Å². The molecule has 6 heteroatoms. The number of hydrogen-bond acceptors (Lipinski definition) is 4. The molecule has 0 spiro atoms. The fourth-order valence-corrected chi connectivity index (χ4v) is 3.60. The van der Waals surface area contributed by atoms with Gasteiger partial charge in [-0.25, -0.2) is 8.42 Å². The Labute approximate surface area is 119 Å². The SMILES string of the molecule is Cc1ccc(C2NCC(=O)N2C(C)CS(C)(=O)=O)cc1. The topological polar surface area (TPSA) is 66.5 Å². The molecule has 1 fully saturated rings. The van der Waals surface area contributed by atoms with E-state index in [1.807, 2.05) is 31.2 Å². The number of hydrogen-bond donors (Lipinski definition) is 1. The van der Waals surface area contributed by atoms with Crippen molar-refractivity contribution in [1.29, 1.82) is 0 Å². The molecule has 2 atom stereocenters. The van der Waals surface area contributed by atoms with Crippen LogP contribution in [0.15, 0.2) is 24.3 Å². The highest BCUT2D eigenvalue weighted by Gasteiger charge is 2.35. The summed E-state index contributed by atoms with van der Waals surface area (Å²) in [5.74, 6) is -0.0882. The molecule has 1 heterocycles. The van der Waals surface area contributed by atoms with Gasteiger partial charge in [0.1, 0.15) is 16.0 Å². The minimum absolute atomic E-state index is 0.0250. The Morgan fingerprint density at radius 1 is 1.35 bits per heavy atom. The first kappa shape index (κ1) is 15.0. The van der Waals surface area contributed by atoms with E-state index in [1.54, 1.807) is 11.8 Å². The summed E-state index contributed by atoms with van der Waals surface area (Å²) in [4.78, 5) is 13.7. The van der Waals surface area contributed by atoms with E-state index in [4.69, 9.17) is 0 Å². The highest BCUT2D eigenvalue weighted by atomic mass is 32.2. The third kappa shape index (κ3) is 3.37. The summed E-state index contributed by atoms with van der Waals surface area (Å²) < 4.78 is 22.9. The average molecular weight is 296 g/mol. The number of benzene rings is 1. The highest BCUT2D eigenvalue weighted by Crippen LogP contribution is 2.25. The lowest BCUT2D eigenvalue weighted by Gasteiger charge is -2.30. The zero-order valence-electron chi connectivity index (χ0n) is 12.0. The first-order valence-corrected chi connectivity index (χ1v) is 8.63. The first-order chi connectivity index (χ1) is 9.28. The third-order valence-corrected chi connectivity index (χ3v) is 4.51. The second-order valence-corrected chi connectivity index (χ2v) is 7.62. The van der Waals surface area contributed by atoms with E-state index in [0.29, 0.717) is 0 Å². The molecular weight excluding hydrogens is 276 g/mol. The second kappa shape index (κ2) is 5.54. The van der Waals surface area contributed by atoms with Crippen LogP contribution in [0.2, 0.25) is 0 Å². The Balaban J connectivity index is 2.24. The smallest absolute Gasteiger partial charge is 0.238 e. The number of aryl methyl sites for hydroxylation is 1. The summed E-state index contributed by atoms with van der Waals surface area (Å²) in [6.45, 7) is 4.01. The van der Waals surface area contributed by atoms with Gasteiger partial charge in [-0.3, -0.25) is 10.1 Å². The van der Waals surface area contributed by atoms with Gasteiger partial charge < -0.3 is 4.90 Å². The second-order valence-electron chi connectivity index (χ2n) is 5.44. The summed E-state index contributed by atoms with van der Waals surface area (Å²) in [6, 6.07) is 7.55. The normalized spacial score (nSPS) is 21.2. The molecule has 1 aromatic rings. The number of nitrogens with zero attached hydrogens (tertiary/aromatic N) is 1. The van der Waals surface area contributed by atoms with Crippen LogP contribution in [0.5, 0.6) is 0 Å². The Kier molecular flexibility index (Phi) is 4.15. The standard InChI is InChI=1S/C14H20N2O3S/c1-10-4-6-12(7-5-10)14-15-8-13(17)16(14)11(2)9-20(3,18)19/h4-7,11,14-15H,8-9H2,1-3H3. The molecule has 1 aromatic carbocycles. The van der Waals surface area contributed by atoms with Crippen LogP contribution in [0.3, 0.4) is 0 Å². The van der Waals surface area contributed by atoms with Gasteiger partial charge in [-0.15, -0.1) is 0 Å². The van der Waals surface area contributed by atoms with E-state index >= 15 is 0 Å². The summed E-state index contributed by atoms with van der Waals surface area (Å²) >= 11 is 0. The molecule has 0 saturated carbocycles. The van der Waals surface area contributed by atoms with Crippen molar-refractivity contribution in [3.8, 4) is 0 Å². The molecule has 0 aromatic heterocycles. The Bertz CT molecular complexity index is 595. The third-order valence-electron chi connectivity index (χ3n) is 3.42. The largest absolute Gasteiger partial charge is 0.318 e. The van der Waals surface area contributed by atoms with E-state index in [1.165, 1.54) is 6.26 Å². The molecule has 2 rings (SSSR count). The number of sulfone groups is 1. The van der Waals surface area contributed by atoms with E-state index in [-0.39, 0.29) is 30.4 Å². The van der Waals surface area contributed by atoms with Crippen molar-refractivity contribution in [2.45, 2.75) is 26.1 Å². The van der Waals surface area contributed by atoms with Crippen LogP contribution in [-0.2, 0) is 14.6 Å². The van der Waals surface area contributed by atoms with Gasteiger partial charge in [0.2, 0.25) is 5.91 Å². The van der Waals surface area contributed by atoms with E-state index in [9.17, 15) is 13.2 Å². The molecule has 5 nitrogen and oxygen atoms in total. The van der Waals surface area contributed by atoms with Crippen molar-refractivity contribution in [3.05, 3.63) is 35.4 Å². The van der Waals surface area contributed by atoms with Crippen LogP contribution in [0.25, 0.3) is 0 Å². The van der Waals surface area contributed by atoms with Crippen molar-refractivity contribution in [2.24, 2.45) is 0 Å². The number of carbonyl (C=O) groups excluding carboxylic acids is 1. The van der Waals surface area contributed by atoms with Crippen molar-refractivity contribution < 1.29 is 13.2 Å². The van der Waals surface area contributed by atoms with Crippen LogP contribution in [-0.4, -0.2) is 43.8 Å². The molecule has 110 valence electrons. The maximum atomic E-state index is 12.0. The van der Waals surface area contributed by atoms with Gasteiger partial charge >= 0.3 is 0 Å². The molecule has 0 bridgehead atoms. The van der Waals surface area contributed by atoms with Gasteiger partial charge in [0.25, 0.3) is 0 Å². The fourth-order valence-electron chi connectivity index (χ4n) is 2.56. The zero-order chi connectivity index (χ0) is 14.9. The summed E-state index contributed by atoms with van der Waals surface area (Å²) in [5, 5.41) is 3.14. The minimum atomic E-state index is -3.12. The van der Waals surface area contributed by atoms with Crippen LogP contribution in [0, 0.1) is 6.92 Å². The number of carbonyl (C=O) groups is 1. The average Bonchev–Trinajstić information content (AvgIpc) is 2.70.